The van der Waals surface area contributed by atoms with Gasteiger partial charge in [0.15, 0.2) is 0 Å². The Morgan fingerprint density at radius 2 is 1.73 bits per heavy atom. The average Bonchev–Trinajstić information content (AvgIpc) is 2.76. The van der Waals surface area contributed by atoms with Crippen molar-refractivity contribution in [3.05, 3.63) is 59.4 Å². The van der Waals surface area contributed by atoms with Crippen molar-refractivity contribution >= 4 is 22.8 Å². The molecule has 172 valence electrons. The van der Waals surface area contributed by atoms with Crippen LogP contribution in [0.15, 0.2) is 36.5 Å². The highest BCUT2D eigenvalue weighted by Crippen LogP contribution is 2.34. The molecule has 3 N–H and O–H groups in total. The first-order chi connectivity index (χ1) is 15.6. The molecule has 1 saturated heterocycles. The van der Waals surface area contributed by atoms with E-state index in [2.05, 4.69) is 21.8 Å². The second-order valence-corrected chi connectivity index (χ2v) is 9.51. The maximum atomic E-state index is 15.1. The molecule has 1 aliphatic heterocycles. The van der Waals surface area contributed by atoms with E-state index in [-0.39, 0.29) is 5.56 Å². The summed E-state index contributed by atoms with van der Waals surface area (Å²) in [7, 11) is 0. The molecule has 0 atom stereocenters. The van der Waals surface area contributed by atoms with Crippen molar-refractivity contribution in [1.29, 1.82) is 0 Å². The van der Waals surface area contributed by atoms with Gasteiger partial charge in [-0.1, -0.05) is 18.1 Å². The molecule has 4 rings (SSSR count). The van der Waals surface area contributed by atoms with Gasteiger partial charge in [-0.25, -0.2) is 18.7 Å². The van der Waals surface area contributed by atoms with Crippen molar-refractivity contribution in [2.45, 2.75) is 25.4 Å². The largest absolute Gasteiger partial charge is 0.378 e. The minimum Gasteiger partial charge on any atom is -0.378 e. The third-order valence-corrected chi connectivity index (χ3v) is 6.15. The number of para-hydroxylation sites is 1. The summed E-state index contributed by atoms with van der Waals surface area (Å²) in [5.41, 5.74) is -0.275. The lowest BCUT2D eigenvalue weighted by atomic mass is 9.99. The molecule has 0 radical (unpaired) electrons. The van der Waals surface area contributed by atoms with E-state index in [1.807, 2.05) is 0 Å². The summed E-state index contributed by atoms with van der Waals surface area (Å²) in [5.74, 6) is 1.77. The maximum absolute atomic E-state index is 15.1. The zero-order chi connectivity index (χ0) is 23.8. The van der Waals surface area contributed by atoms with E-state index in [0.717, 1.165) is 12.1 Å². The number of benzene rings is 2. The Bertz CT molecular complexity index is 1240. The van der Waals surface area contributed by atoms with Crippen LogP contribution in [0.25, 0.3) is 22.2 Å². The molecule has 2 heterocycles. The summed E-state index contributed by atoms with van der Waals surface area (Å²) in [5, 5.41) is 31.0. The minimum absolute atomic E-state index is 0.172. The number of thioether (sulfide) groups is 1. The first-order valence-electron chi connectivity index (χ1n) is 10.3. The van der Waals surface area contributed by atoms with E-state index in [1.165, 1.54) is 24.9 Å². The number of hydrogen-bond donors (Lipinski definition) is 3. The molecule has 1 fully saturated rings. The van der Waals surface area contributed by atoms with Crippen molar-refractivity contribution in [3.8, 4) is 23.0 Å². The number of fused-ring (bicyclic) bond motifs is 1. The van der Waals surface area contributed by atoms with Crippen LogP contribution in [0.5, 0.6) is 0 Å². The Hall–Kier alpha value is -2.61. The first kappa shape index (κ1) is 23.5. The van der Waals surface area contributed by atoms with Crippen LogP contribution < -0.4 is 0 Å². The van der Waals surface area contributed by atoms with Crippen molar-refractivity contribution in [2.75, 3.05) is 24.6 Å². The van der Waals surface area contributed by atoms with Gasteiger partial charge in [0.2, 0.25) is 0 Å². The fourth-order valence-electron chi connectivity index (χ4n) is 3.63. The van der Waals surface area contributed by atoms with Gasteiger partial charge >= 0.3 is 0 Å². The molecule has 0 bridgehead atoms. The topological polar surface area (TPSA) is 89.7 Å². The third kappa shape index (κ3) is 5.00. The predicted octanol–water partition coefficient (Wildman–Crippen LogP) is 2.84. The van der Waals surface area contributed by atoms with Crippen LogP contribution >= 0.6 is 11.8 Å². The van der Waals surface area contributed by atoms with Crippen LogP contribution in [0.2, 0.25) is 0 Å². The Labute approximate surface area is 194 Å². The molecule has 33 heavy (non-hydrogen) atoms. The molecule has 9 heteroatoms. The molecule has 1 aliphatic rings. The molecule has 0 saturated carbocycles. The van der Waals surface area contributed by atoms with Crippen LogP contribution in [-0.2, 0) is 5.91 Å². The molecular formula is C24H23F2N3O3S. The van der Waals surface area contributed by atoms with Crippen molar-refractivity contribution < 1.29 is 24.1 Å². The van der Waals surface area contributed by atoms with Crippen LogP contribution in [0, 0.1) is 23.5 Å². The summed E-state index contributed by atoms with van der Waals surface area (Å²) < 4.78 is 30.2. The second-order valence-electron chi connectivity index (χ2n) is 8.29. The number of nitrogens with zero attached hydrogens (tertiary/aromatic N) is 3. The number of hydrogen-bond acceptors (Lipinski definition) is 7. The lowest BCUT2D eigenvalue weighted by molar-refractivity contribution is -0.276. The van der Waals surface area contributed by atoms with Crippen LogP contribution in [0.3, 0.4) is 0 Å². The summed E-state index contributed by atoms with van der Waals surface area (Å²) in [4.78, 5) is 10.0. The molecule has 3 aromatic rings. The fraction of sp³-hybridized carbons (Fsp3) is 0.333. The van der Waals surface area contributed by atoms with Gasteiger partial charge in [0.1, 0.15) is 22.9 Å². The van der Waals surface area contributed by atoms with Gasteiger partial charge < -0.3 is 15.3 Å². The van der Waals surface area contributed by atoms with Crippen LogP contribution in [0.4, 0.5) is 8.78 Å². The van der Waals surface area contributed by atoms with Gasteiger partial charge in [-0.15, -0.1) is 0 Å². The highest BCUT2D eigenvalue weighted by Gasteiger charge is 2.40. The zero-order valence-corrected chi connectivity index (χ0v) is 19.0. The molecule has 0 amide bonds. The van der Waals surface area contributed by atoms with Gasteiger partial charge in [-0.3, -0.25) is 4.98 Å². The van der Waals surface area contributed by atoms with E-state index in [1.54, 1.807) is 30.0 Å². The van der Waals surface area contributed by atoms with E-state index < -0.39 is 28.7 Å². The number of halogens is 2. The van der Waals surface area contributed by atoms with E-state index >= 15 is 8.78 Å². The Kier molecular flexibility index (Phi) is 6.40. The summed E-state index contributed by atoms with van der Waals surface area (Å²) >= 11 is 1.64. The van der Waals surface area contributed by atoms with Crippen LogP contribution in [-0.4, -0.2) is 60.4 Å². The average molecular weight is 472 g/mol. The summed E-state index contributed by atoms with van der Waals surface area (Å²) in [6, 6.07) is 7.16. The predicted molar refractivity (Wildman–Crippen MR) is 123 cm³/mol. The SMILES string of the molecule is CC(C)(O)C#Cc1cnc2cccc(-c3cc(F)c(C(O)(O)N4CCSCC4)c(F)c3)c2n1. The Balaban J connectivity index is 1.79. The lowest BCUT2D eigenvalue weighted by Gasteiger charge is -2.37. The zero-order valence-electron chi connectivity index (χ0n) is 18.1. The van der Waals surface area contributed by atoms with Crippen LogP contribution in [0.1, 0.15) is 25.1 Å². The van der Waals surface area contributed by atoms with E-state index in [9.17, 15) is 15.3 Å². The monoisotopic (exact) mass is 471 g/mol. The number of rotatable bonds is 3. The molecular weight excluding hydrogens is 448 g/mol. The molecule has 0 unspecified atom stereocenters. The number of aromatic nitrogens is 2. The van der Waals surface area contributed by atoms with Gasteiger partial charge in [-0.2, -0.15) is 11.8 Å². The highest BCUT2D eigenvalue weighted by atomic mass is 32.2. The van der Waals surface area contributed by atoms with Gasteiger partial charge in [0, 0.05) is 30.2 Å². The Morgan fingerprint density at radius 3 is 2.36 bits per heavy atom. The van der Waals surface area contributed by atoms with Gasteiger partial charge in [-0.05, 0) is 43.5 Å². The molecule has 1 aromatic heterocycles. The smallest absolute Gasteiger partial charge is 0.259 e. The molecule has 0 aliphatic carbocycles. The van der Waals surface area contributed by atoms with Gasteiger partial charge in [0.25, 0.3) is 5.91 Å². The van der Waals surface area contributed by atoms with E-state index in [4.69, 9.17) is 0 Å². The van der Waals surface area contributed by atoms with Crippen molar-refractivity contribution in [1.82, 2.24) is 14.9 Å². The first-order valence-corrected chi connectivity index (χ1v) is 11.5. The normalized spacial score (nSPS) is 15.4. The van der Waals surface area contributed by atoms with Gasteiger partial charge in [0.05, 0.1) is 22.8 Å². The number of aliphatic hydroxyl groups is 3. The third-order valence-electron chi connectivity index (χ3n) is 5.21. The highest BCUT2D eigenvalue weighted by molar-refractivity contribution is 7.99. The quantitative estimate of drug-likeness (QED) is 0.400. The molecule has 2 aromatic carbocycles. The van der Waals surface area contributed by atoms with Crippen molar-refractivity contribution in [2.24, 2.45) is 0 Å². The maximum Gasteiger partial charge on any atom is 0.259 e. The fourth-order valence-corrected chi connectivity index (χ4v) is 4.53. The minimum atomic E-state index is -2.76. The summed E-state index contributed by atoms with van der Waals surface area (Å²) in [6.07, 6.45) is 1.46. The molecule has 6 nitrogen and oxygen atoms in total. The standard InChI is InChI=1S/C24H23F2N3O3S/c1-23(2,30)7-6-16-14-27-20-5-3-4-17(22(20)28-16)15-12-18(25)21(19(26)13-15)24(31,32)29-8-10-33-11-9-29/h3-5,12-14,30-32H,8-11H2,1-2H3. The lowest BCUT2D eigenvalue weighted by Crippen LogP contribution is -2.50. The second kappa shape index (κ2) is 8.97. The van der Waals surface area contributed by atoms with Crippen molar-refractivity contribution in [3.63, 3.8) is 0 Å². The Morgan fingerprint density at radius 1 is 1.06 bits per heavy atom. The van der Waals surface area contributed by atoms with E-state index in [0.29, 0.717) is 46.9 Å². The summed E-state index contributed by atoms with van der Waals surface area (Å²) in [6.45, 7) is 3.67. The molecule has 0 spiro atoms.